The molecule has 0 saturated heterocycles. The minimum Gasteiger partial charge on any atom is -0.465 e. The molecule has 6 heteroatoms. The number of carbonyl (C=O) groups excluding carboxylic acids is 1. The van der Waals surface area contributed by atoms with Crippen LogP contribution < -0.4 is 0 Å². The Morgan fingerprint density at radius 1 is 1.30 bits per heavy atom. The number of fused-ring (bicyclic) bond motifs is 1. The fourth-order valence-corrected chi connectivity index (χ4v) is 3.07. The van der Waals surface area contributed by atoms with Crippen LogP contribution in [0.25, 0.3) is 10.9 Å². The molecule has 118 valence electrons. The lowest BCUT2D eigenvalue weighted by Gasteiger charge is -2.10. The second kappa shape index (κ2) is 6.34. The second-order valence-electron chi connectivity index (χ2n) is 5.01. The number of halogens is 3. The van der Waals surface area contributed by atoms with Gasteiger partial charge < -0.3 is 9.30 Å². The van der Waals surface area contributed by atoms with E-state index in [2.05, 4.69) is 20.7 Å². The van der Waals surface area contributed by atoms with Gasteiger partial charge in [0.2, 0.25) is 0 Å². The highest BCUT2D eigenvalue weighted by Gasteiger charge is 2.16. The van der Waals surface area contributed by atoms with E-state index in [0.717, 1.165) is 15.4 Å². The Morgan fingerprint density at radius 3 is 2.83 bits per heavy atom. The van der Waals surface area contributed by atoms with Gasteiger partial charge in [0.1, 0.15) is 5.82 Å². The van der Waals surface area contributed by atoms with E-state index in [1.807, 2.05) is 29.0 Å². The Kier molecular flexibility index (Phi) is 4.41. The van der Waals surface area contributed by atoms with E-state index in [0.29, 0.717) is 10.6 Å². The average molecular weight is 397 g/mol. The zero-order chi connectivity index (χ0) is 16.6. The number of hydrogen-bond donors (Lipinski definition) is 0. The highest BCUT2D eigenvalue weighted by molar-refractivity contribution is 9.10. The number of benzene rings is 2. The molecule has 1 aromatic heterocycles. The molecule has 3 aromatic rings. The summed E-state index contributed by atoms with van der Waals surface area (Å²) in [6, 6.07) is 10.3. The maximum Gasteiger partial charge on any atom is 0.340 e. The highest BCUT2D eigenvalue weighted by atomic mass is 79.9. The van der Waals surface area contributed by atoms with E-state index in [9.17, 15) is 9.18 Å². The topological polar surface area (TPSA) is 31.2 Å². The Hall–Kier alpha value is -1.85. The Bertz CT molecular complexity index is 907. The van der Waals surface area contributed by atoms with Crippen molar-refractivity contribution in [2.24, 2.45) is 0 Å². The normalized spacial score (nSPS) is 11.0. The van der Waals surface area contributed by atoms with E-state index in [1.165, 1.54) is 13.2 Å². The monoisotopic (exact) mass is 395 g/mol. The van der Waals surface area contributed by atoms with Crippen molar-refractivity contribution < 1.29 is 13.9 Å². The lowest BCUT2D eigenvalue weighted by Crippen LogP contribution is -2.08. The predicted molar refractivity (Wildman–Crippen MR) is 91.5 cm³/mol. The van der Waals surface area contributed by atoms with Crippen LogP contribution in [0.2, 0.25) is 5.02 Å². The number of carbonyl (C=O) groups is 1. The molecule has 3 nitrogen and oxygen atoms in total. The number of hydrogen-bond acceptors (Lipinski definition) is 2. The van der Waals surface area contributed by atoms with Gasteiger partial charge in [0.25, 0.3) is 0 Å². The summed E-state index contributed by atoms with van der Waals surface area (Å²) in [5, 5.41) is 1.50. The van der Waals surface area contributed by atoms with Gasteiger partial charge in [0, 0.05) is 27.1 Å². The molecule has 0 spiro atoms. The fourth-order valence-electron chi connectivity index (χ4n) is 2.50. The Labute approximate surface area is 145 Å². The third kappa shape index (κ3) is 2.86. The van der Waals surface area contributed by atoms with Gasteiger partial charge in [-0.05, 0) is 40.2 Å². The number of rotatable bonds is 3. The number of aromatic nitrogens is 1. The summed E-state index contributed by atoms with van der Waals surface area (Å²) in [4.78, 5) is 11.6. The van der Waals surface area contributed by atoms with E-state index < -0.39 is 11.8 Å². The number of ether oxygens (including phenoxy) is 1. The molecule has 1 heterocycles. The summed E-state index contributed by atoms with van der Waals surface area (Å²) in [5.74, 6) is -1.25. The van der Waals surface area contributed by atoms with E-state index in [-0.39, 0.29) is 12.1 Å². The number of nitrogens with zero attached hydrogens (tertiary/aromatic N) is 1. The molecule has 0 radical (unpaired) electrons. The van der Waals surface area contributed by atoms with Crippen LogP contribution in [0.1, 0.15) is 15.9 Å². The van der Waals surface area contributed by atoms with Crippen molar-refractivity contribution in [3.05, 3.63) is 69.0 Å². The van der Waals surface area contributed by atoms with Crippen molar-refractivity contribution in [2.45, 2.75) is 6.54 Å². The van der Waals surface area contributed by atoms with Gasteiger partial charge in [-0.15, -0.1) is 0 Å². The molecular formula is C17H12BrClFNO2. The molecule has 0 aliphatic rings. The van der Waals surface area contributed by atoms with Gasteiger partial charge in [-0.3, -0.25) is 0 Å². The molecule has 0 atom stereocenters. The average Bonchev–Trinajstić information content (AvgIpc) is 2.96. The van der Waals surface area contributed by atoms with Crippen LogP contribution >= 0.6 is 27.5 Å². The zero-order valence-corrected chi connectivity index (χ0v) is 14.5. The van der Waals surface area contributed by atoms with Crippen molar-refractivity contribution in [3.8, 4) is 0 Å². The second-order valence-corrected chi connectivity index (χ2v) is 6.24. The fraction of sp³-hybridized carbons (Fsp3) is 0.118. The Morgan fingerprint density at radius 2 is 2.09 bits per heavy atom. The molecule has 0 saturated carbocycles. The smallest absolute Gasteiger partial charge is 0.340 e. The molecule has 0 aliphatic carbocycles. The van der Waals surface area contributed by atoms with Crippen LogP contribution in [-0.2, 0) is 11.3 Å². The first-order chi connectivity index (χ1) is 11.0. The van der Waals surface area contributed by atoms with E-state index >= 15 is 0 Å². The molecule has 0 bridgehead atoms. The standard InChI is InChI=1S/C17H12BrClFNO2/c1-23-17(22)12-4-2-3-10(16(12)20)9-21-8-7-11-14(21)6-5-13(18)15(11)19/h2-8H,9H2,1H3. The predicted octanol–water partition coefficient (Wildman–Crippen LogP) is 5.03. The molecule has 0 N–H and O–H groups in total. The van der Waals surface area contributed by atoms with Crippen LogP contribution in [0.5, 0.6) is 0 Å². The quantitative estimate of drug-likeness (QED) is 0.581. The summed E-state index contributed by atoms with van der Waals surface area (Å²) in [6.07, 6.45) is 1.84. The van der Waals surface area contributed by atoms with Crippen molar-refractivity contribution >= 4 is 44.4 Å². The maximum absolute atomic E-state index is 14.5. The minimum atomic E-state index is -0.686. The molecule has 0 unspecified atom stereocenters. The maximum atomic E-state index is 14.5. The lowest BCUT2D eigenvalue weighted by molar-refractivity contribution is 0.0595. The van der Waals surface area contributed by atoms with Gasteiger partial charge in [-0.1, -0.05) is 23.7 Å². The van der Waals surface area contributed by atoms with Crippen LogP contribution in [0, 0.1) is 5.82 Å². The summed E-state index contributed by atoms with van der Waals surface area (Å²) in [7, 11) is 1.23. The molecule has 23 heavy (non-hydrogen) atoms. The van der Waals surface area contributed by atoms with Crippen LogP contribution in [0.3, 0.4) is 0 Å². The first-order valence-corrected chi connectivity index (χ1v) is 7.98. The minimum absolute atomic E-state index is 0.0674. The molecule has 2 aromatic carbocycles. The molecular weight excluding hydrogens is 385 g/mol. The van der Waals surface area contributed by atoms with Gasteiger partial charge in [0.15, 0.2) is 0 Å². The SMILES string of the molecule is COC(=O)c1cccc(Cn2ccc3c(Cl)c(Br)ccc32)c1F. The molecule has 3 rings (SSSR count). The van der Waals surface area contributed by atoms with Gasteiger partial charge in [0.05, 0.1) is 24.2 Å². The third-order valence-corrected chi connectivity index (χ3v) is 4.96. The molecule has 0 amide bonds. The zero-order valence-electron chi connectivity index (χ0n) is 12.1. The summed E-state index contributed by atoms with van der Waals surface area (Å²) < 4.78 is 21.8. The third-order valence-electron chi connectivity index (χ3n) is 3.66. The first-order valence-electron chi connectivity index (χ1n) is 6.81. The van der Waals surface area contributed by atoms with Crippen molar-refractivity contribution in [1.29, 1.82) is 0 Å². The van der Waals surface area contributed by atoms with Crippen molar-refractivity contribution in [2.75, 3.05) is 7.11 Å². The number of esters is 1. The molecule has 0 fully saturated rings. The van der Waals surface area contributed by atoms with Crippen molar-refractivity contribution in [1.82, 2.24) is 4.57 Å². The summed E-state index contributed by atoms with van der Waals surface area (Å²) in [5.41, 5.74) is 1.23. The van der Waals surface area contributed by atoms with Crippen LogP contribution in [0.4, 0.5) is 4.39 Å². The van der Waals surface area contributed by atoms with Crippen LogP contribution in [0.15, 0.2) is 47.1 Å². The first kappa shape index (κ1) is 16.0. The van der Waals surface area contributed by atoms with E-state index in [4.69, 9.17) is 11.6 Å². The number of methoxy groups -OCH3 is 1. The van der Waals surface area contributed by atoms with Gasteiger partial charge >= 0.3 is 5.97 Å². The summed E-state index contributed by atoms with van der Waals surface area (Å²) in [6.45, 7) is 0.290. The summed E-state index contributed by atoms with van der Waals surface area (Å²) >= 11 is 9.65. The lowest BCUT2D eigenvalue weighted by atomic mass is 10.1. The highest BCUT2D eigenvalue weighted by Crippen LogP contribution is 2.32. The van der Waals surface area contributed by atoms with E-state index in [1.54, 1.807) is 12.1 Å². The van der Waals surface area contributed by atoms with Crippen LogP contribution in [-0.4, -0.2) is 17.6 Å². The van der Waals surface area contributed by atoms with Gasteiger partial charge in [-0.2, -0.15) is 0 Å². The molecule has 0 aliphatic heterocycles. The Balaban J connectivity index is 2.03. The largest absolute Gasteiger partial charge is 0.465 e. The van der Waals surface area contributed by atoms with Crippen molar-refractivity contribution in [3.63, 3.8) is 0 Å². The van der Waals surface area contributed by atoms with Gasteiger partial charge in [-0.25, -0.2) is 9.18 Å².